The molecule has 1 aliphatic heterocycles. The van der Waals surface area contributed by atoms with Crippen LogP contribution in [0.15, 0.2) is 24.4 Å². The number of alkyl carbamates (subject to hydrolysis) is 1. The van der Waals surface area contributed by atoms with Crippen molar-refractivity contribution < 1.29 is 41.0 Å². The molecular formula is C24H25F5N6O4. The highest BCUT2D eigenvalue weighted by Crippen LogP contribution is 2.40. The minimum Gasteiger partial charge on any atom is -0.444 e. The van der Waals surface area contributed by atoms with Gasteiger partial charge in [0.25, 0.3) is 5.91 Å². The van der Waals surface area contributed by atoms with E-state index in [0.29, 0.717) is 5.56 Å². The van der Waals surface area contributed by atoms with Crippen LogP contribution in [-0.2, 0) is 15.0 Å². The van der Waals surface area contributed by atoms with Gasteiger partial charge in [0.1, 0.15) is 34.7 Å². The van der Waals surface area contributed by atoms with Crippen molar-refractivity contribution in [2.45, 2.75) is 70.6 Å². The third-order valence-corrected chi connectivity index (χ3v) is 5.50. The van der Waals surface area contributed by atoms with Crippen LogP contribution in [0, 0.1) is 24.1 Å². The van der Waals surface area contributed by atoms with Crippen LogP contribution in [0.4, 0.5) is 32.6 Å². The van der Waals surface area contributed by atoms with Crippen molar-refractivity contribution in [2.24, 2.45) is 0 Å². The number of nitrogens with one attached hydrogen (secondary N) is 3. The van der Waals surface area contributed by atoms with Gasteiger partial charge < -0.3 is 14.8 Å². The summed E-state index contributed by atoms with van der Waals surface area (Å²) in [5, 5.41) is 15.6. The number of halogens is 5. The van der Waals surface area contributed by atoms with E-state index >= 15 is 4.39 Å². The Kier molecular flexibility index (Phi) is 8.13. The molecule has 0 aliphatic carbocycles. The monoisotopic (exact) mass is 556 g/mol. The van der Waals surface area contributed by atoms with Gasteiger partial charge in [0, 0.05) is 6.20 Å². The van der Waals surface area contributed by atoms with E-state index in [1.165, 1.54) is 33.8 Å². The Morgan fingerprint density at radius 1 is 1.26 bits per heavy atom. The zero-order valence-electron chi connectivity index (χ0n) is 21.4. The molecule has 1 aliphatic rings. The summed E-state index contributed by atoms with van der Waals surface area (Å²) in [6.07, 6.45) is -13.3. The molecule has 3 N–H and O–H groups in total. The number of carbonyl (C=O) groups is 2. The molecule has 3 rings (SSSR count). The van der Waals surface area contributed by atoms with Crippen LogP contribution in [0.5, 0.6) is 0 Å². The van der Waals surface area contributed by atoms with E-state index in [9.17, 15) is 27.2 Å². The summed E-state index contributed by atoms with van der Waals surface area (Å²) >= 11 is 0. The van der Waals surface area contributed by atoms with Gasteiger partial charge in [0.05, 0.1) is 11.1 Å². The zero-order chi connectivity index (χ0) is 29.3. The number of nitriles is 1. The molecule has 0 radical (unpaired) electrons. The first-order chi connectivity index (χ1) is 17.9. The lowest BCUT2D eigenvalue weighted by molar-refractivity contribution is -0.286. The predicted molar refractivity (Wildman–Crippen MR) is 125 cm³/mol. The summed E-state index contributed by atoms with van der Waals surface area (Å²) in [4.78, 5) is 32.7. The number of carbonyl (C=O) groups excluding carboxylic acids is 2. The van der Waals surface area contributed by atoms with E-state index < -0.39 is 59.5 Å². The van der Waals surface area contributed by atoms with Gasteiger partial charge in [-0.3, -0.25) is 15.4 Å². The molecule has 1 saturated heterocycles. The summed E-state index contributed by atoms with van der Waals surface area (Å²) in [6, 6.07) is 5.07. The molecule has 0 aromatic carbocycles. The number of aryl methyl sites for hydroxylation is 1. The Bertz CT molecular complexity index is 1310. The van der Waals surface area contributed by atoms with E-state index in [1.807, 2.05) is 11.4 Å². The SMILES string of the molecule is Cc1cc(C#N)cnc1C(=O)Nc1ccc(F)c([C@@]2(C)NC(NC(=O)OC(C)(C)C)O[C@H](C(F)(F)F)[C@@H]2F)n1. The number of hydrogen-bond donors (Lipinski definition) is 3. The Morgan fingerprint density at radius 2 is 1.92 bits per heavy atom. The standard InChI is InChI=1S/C24H25F5N6O4/c1-11-8-12(9-30)10-31-15(11)19(36)33-14-7-6-13(25)17(32-14)23(5)16(26)18(24(27,28)29)38-20(35-23)34-21(37)39-22(2,3)4/h6-8,10,16,18,20,35H,1-5H3,(H,34,37)(H,32,33,36)/t16-,18-,20?,23-/m0/s1. The Hall–Kier alpha value is -3.90. The van der Waals surface area contributed by atoms with Crippen molar-refractivity contribution in [3.05, 3.63) is 52.7 Å². The lowest BCUT2D eigenvalue weighted by Gasteiger charge is -2.46. The maximum absolute atomic E-state index is 15.4. The minimum atomic E-state index is -5.25. The second-order valence-electron chi connectivity index (χ2n) is 9.86. The maximum Gasteiger partial charge on any atom is 0.417 e. The van der Waals surface area contributed by atoms with Crippen molar-refractivity contribution >= 4 is 17.8 Å². The quantitative estimate of drug-likeness (QED) is 0.481. The summed E-state index contributed by atoms with van der Waals surface area (Å²) in [7, 11) is 0. The largest absolute Gasteiger partial charge is 0.444 e. The van der Waals surface area contributed by atoms with Gasteiger partial charge in [-0.1, -0.05) is 0 Å². The van der Waals surface area contributed by atoms with Crippen LogP contribution in [0.1, 0.15) is 55.0 Å². The third-order valence-electron chi connectivity index (χ3n) is 5.50. The smallest absolute Gasteiger partial charge is 0.417 e. The van der Waals surface area contributed by atoms with Crippen molar-refractivity contribution in [3.8, 4) is 6.07 Å². The molecule has 15 heteroatoms. The molecule has 1 unspecified atom stereocenters. The molecule has 3 heterocycles. The molecule has 4 atom stereocenters. The molecule has 39 heavy (non-hydrogen) atoms. The number of alkyl halides is 4. The van der Waals surface area contributed by atoms with E-state index in [0.717, 1.165) is 25.3 Å². The predicted octanol–water partition coefficient (Wildman–Crippen LogP) is 3.96. The zero-order valence-corrected chi connectivity index (χ0v) is 21.4. The average Bonchev–Trinajstić information content (AvgIpc) is 2.80. The van der Waals surface area contributed by atoms with E-state index in [2.05, 4.69) is 20.6 Å². The maximum atomic E-state index is 15.4. The van der Waals surface area contributed by atoms with E-state index in [1.54, 1.807) is 0 Å². The van der Waals surface area contributed by atoms with Crippen LogP contribution in [0.2, 0.25) is 0 Å². The molecular weight excluding hydrogens is 531 g/mol. The van der Waals surface area contributed by atoms with Crippen LogP contribution >= 0.6 is 0 Å². The average molecular weight is 556 g/mol. The Morgan fingerprint density at radius 3 is 2.49 bits per heavy atom. The van der Waals surface area contributed by atoms with Gasteiger partial charge in [-0.2, -0.15) is 18.4 Å². The lowest BCUT2D eigenvalue weighted by Crippen LogP contribution is -2.69. The summed E-state index contributed by atoms with van der Waals surface area (Å²) in [5.41, 5.74) is -3.92. The van der Waals surface area contributed by atoms with Crippen molar-refractivity contribution in [2.75, 3.05) is 5.32 Å². The van der Waals surface area contributed by atoms with Crippen molar-refractivity contribution in [1.29, 1.82) is 5.26 Å². The number of amides is 2. The molecule has 0 spiro atoms. The van der Waals surface area contributed by atoms with Crippen molar-refractivity contribution in [1.82, 2.24) is 20.6 Å². The van der Waals surface area contributed by atoms with Crippen molar-refractivity contribution in [3.63, 3.8) is 0 Å². The normalized spacial score (nSPS) is 23.5. The summed E-state index contributed by atoms with van der Waals surface area (Å²) < 4.78 is 81.3. The van der Waals surface area contributed by atoms with Gasteiger partial charge in [0.15, 0.2) is 18.6 Å². The van der Waals surface area contributed by atoms with Crippen LogP contribution in [0.25, 0.3) is 0 Å². The number of ether oxygens (including phenoxy) is 2. The molecule has 0 saturated carbocycles. The van der Waals surface area contributed by atoms with Crippen LogP contribution < -0.4 is 16.0 Å². The molecule has 10 nitrogen and oxygen atoms in total. The highest BCUT2D eigenvalue weighted by molar-refractivity contribution is 6.03. The van der Waals surface area contributed by atoms with Gasteiger partial charge in [-0.15, -0.1) is 0 Å². The molecule has 2 amide bonds. The summed E-state index contributed by atoms with van der Waals surface area (Å²) in [5.74, 6) is -2.34. The fourth-order valence-electron chi connectivity index (χ4n) is 3.76. The number of nitrogens with zero attached hydrogens (tertiary/aromatic N) is 3. The number of rotatable bonds is 4. The third kappa shape index (κ3) is 6.76. The van der Waals surface area contributed by atoms with E-state index in [4.69, 9.17) is 14.7 Å². The minimum absolute atomic E-state index is 0.0980. The van der Waals surface area contributed by atoms with Gasteiger partial charge >= 0.3 is 12.3 Å². The van der Waals surface area contributed by atoms with Gasteiger partial charge in [-0.25, -0.2) is 23.5 Å². The highest BCUT2D eigenvalue weighted by Gasteiger charge is 2.60. The molecule has 210 valence electrons. The highest BCUT2D eigenvalue weighted by atomic mass is 19.4. The number of hydrogen-bond acceptors (Lipinski definition) is 8. The molecule has 0 bridgehead atoms. The fourth-order valence-corrected chi connectivity index (χ4v) is 3.76. The first-order valence-electron chi connectivity index (χ1n) is 11.4. The van der Waals surface area contributed by atoms with Crippen LogP contribution in [-0.4, -0.2) is 52.4 Å². The first kappa shape index (κ1) is 29.7. The van der Waals surface area contributed by atoms with Gasteiger partial charge in [0.2, 0.25) is 0 Å². The second kappa shape index (κ2) is 10.7. The molecule has 2 aromatic rings. The lowest BCUT2D eigenvalue weighted by atomic mass is 9.86. The topological polar surface area (TPSA) is 138 Å². The number of pyridine rings is 2. The van der Waals surface area contributed by atoms with Crippen LogP contribution in [0.3, 0.4) is 0 Å². The van der Waals surface area contributed by atoms with E-state index in [-0.39, 0.29) is 17.1 Å². The number of anilines is 1. The molecule has 1 fully saturated rings. The second-order valence-corrected chi connectivity index (χ2v) is 9.86. The fraction of sp³-hybridized carbons (Fsp3) is 0.458. The molecule has 2 aromatic heterocycles. The Balaban J connectivity index is 1.96. The number of aromatic nitrogens is 2. The summed E-state index contributed by atoms with van der Waals surface area (Å²) in [6.45, 7) is 6.95. The van der Waals surface area contributed by atoms with Gasteiger partial charge in [-0.05, 0) is 58.4 Å². The first-order valence-corrected chi connectivity index (χ1v) is 11.4. The Labute approximate surface area is 219 Å².